The van der Waals surface area contributed by atoms with Crippen LogP contribution < -0.4 is 16.2 Å². The molecule has 0 atom stereocenters. The maximum Gasteiger partial charge on any atom is 0.364 e. The Kier molecular flexibility index (Phi) is 2.60. The predicted octanol–water partition coefficient (Wildman–Crippen LogP) is 1.45. The molecule has 0 bridgehead atoms. The SMILES string of the molecule is Nc1cccc(Cl)c1Oc1ccc2n[nH]c(=O)n2n1. The van der Waals surface area contributed by atoms with Crippen molar-refractivity contribution in [3.63, 3.8) is 0 Å². The van der Waals surface area contributed by atoms with E-state index < -0.39 is 5.69 Å². The van der Waals surface area contributed by atoms with Crippen LogP contribution in [0.3, 0.4) is 0 Å². The number of halogens is 1. The number of nitrogens with zero attached hydrogens (tertiary/aromatic N) is 3. The van der Waals surface area contributed by atoms with Gasteiger partial charge in [-0.25, -0.2) is 9.89 Å². The summed E-state index contributed by atoms with van der Waals surface area (Å²) in [6.07, 6.45) is 0. The zero-order valence-electron chi connectivity index (χ0n) is 9.50. The average Bonchev–Trinajstić information content (AvgIpc) is 2.76. The molecule has 0 saturated heterocycles. The standard InChI is InChI=1S/C11H8ClN5O2/c12-6-2-1-3-7(13)10(6)19-9-5-4-8-14-15-11(18)17(8)16-9/h1-5H,13H2,(H,15,18). The highest BCUT2D eigenvalue weighted by molar-refractivity contribution is 6.32. The molecule has 0 fully saturated rings. The van der Waals surface area contributed by atoms with E-state index in [1.165, 1.54) is 0 Å². The van der Waals surface area contributed by atoms with E-state index in [-0.39, 0.29) is 5.88 Å². The summed E-state index contributed by atoms with van der Waals surface area (Å²) >= 11 is 5.99. The Bertz CT molecular complexity index is 790. The molecular weight excluding hydrogens is 270 g/mol. The zero-order chi connectivity index (χ0) is 13.4. The number of rotatable bonds is 2. The lowest BCUT2D eigenvalue weighted by Crippen LogP contribution is -2.12. The molecule has 0 radical (unpaired) electrons. The maximum absolute atomic E-state index is 11.4. The number of hydrogen-bond donors (Lipinski definition) is 2. The Morgan fingerprint density at radius 3 is 2.95 bits per heavy atom. The van der Waals surface area contributed by atoms with Gasteiger partial charge in [0.1, 0.15) is 0 Å². The number of aromatic amines is 1. The second-order valence-corrected chi connectivity index (χ2v) is 4.14. The van der Waals surface area contributed by atoms with E-state index in [4.69, 9.17) is 22.1 Å². The van der Waals surface area contributed by atoms with Crippen molar-refractivity contribution in [2.24, 2.45) is 0 Å². The van der Waals surface area contributed by atoms with E-state index >= 15 is 0 Å². The molecule has 1 aromatic carbocycles. The van der Waals surface area contributed by atoms with Crippen LogP contribution in [0.4, 0.5) is 5.69 Å². The Labute approximate surface area is 111 Å². The van der Waals surface area contributed by atoms with Crippen LogP contribution in [0.2, 0.25) is 5.02 Å². The minimum Gasteiger partial charge on any atom is -0.434 e. The van der Waals surface area contributed by atoms with Crippen LogP contribution >= 0.6 is 11.6 Å². The Hall–Kier alpha value is -2.54. The van der Waals surface area contributed by atoms with Gasteiger partial charge < -0.3 is 10.5 Å². The van der Waals surface area contributed by atoms with Crippen molar-refractivity contribution in [1.29, 1.82) is 0 Å². The lowest BCUT2D eigenvalue weighted by atomic mass is 10.3. The van der Waals surface area contributed by atoms with Crippen molar-refractivity contribution in [2.45, 2.75) is 0 Å². The van der Waals surface area contributed by atoms with Crippen LogP contribution in [0.5, 0.6) is 11.6 Å². The molecule has 7 nitrogen and oxygen atoms in total. The largest absolute Gasteiger partial charge is 0.434 e. The van der Waals surface area contributed by atoms with Gasteiger partial charge in [0.25, 0.3) is 0 Å². The maximum atomic E-state index is 11.4. The molecular formula is C11H8ClN5O2. The first-order valence-electron chi connectivity index (χ1n) is 5.31. The van der Waals surface area contributed by atoms with Gasteiger partial charge in [-0.2, -0.15) is 9.61 Å². The molecule has 3 rings (SSSR count). The van der Waals surface area contributed by atoms with E-state index in [2.05, 4.69) is 15.3 Å². The second kappa shape index (κ2) is 4.29. The van der Waals surface area contributed by atoms with Crippen LogP contribution in [0.1, 0.15) is 0 Å². The number of benzene rings is 1. The molecule has 0 saturated carbocycles. The summed E-state index contributed by atoms with van der Waals surface area (Å²) in [6, 6.07) is 8.17. The molecule has 0 aliphatic carbocycles. The van der Waals surface area contributed by atoms with Gasteiger partial charge in [-0.05, 0) is 18.2 Å². The van der Waals surface area contributed by atoms with E-state index in [0.29, 0.717) is 22.1 Å². The summed E-state index contributed by atoms with van der Waals surface area (Å²) in [4.78, 5) is 11.4. The molecule has 3 N–H and O–H groups in total. The molecule has 3 aromatic rings. The molecule has 0 spiro atoms. The van der Waals surface area contributed by atoms with Crippen LogP contribution in [0, 0.1) is 0 Å². The van der Waals surface area contributed by atoms with Gasteiger partial charge in [0.15, 0.2) is 11.4 Å². The highest BCUT2D eigenvalue weighted by Gasteiger charge is 2.09. The number of hydrogen-bond acceptors (Lipinski definition) is 5. The zero-order valence-corrected chi connectivity index (χ0v) is 10.3. The first-order chi connectivity index (χ1) is 9.15. The van der Waals surface area contributed by atoms with Crippen LogP contribution in [-0.4, -0.2) is 19.8 Å². The predicted molar refractivity (Wildman–Crippen MR) is 69.5 cm³/mol. The molecule has 8 heteroatoms. The summed E-state index contributed by atoms with van der Waals surface area (Å²) in [5.74, 6) is 0.489. The fourth-order valence-corrected chi connectivity index (χ4v) is 1.80. The van der Waals surface area contributed by atoms with Gasteiger partial charge in [-0.3, -0.25) is 0 Å². The van der Waals surface area contributed by atoms with E-state index in [1.807, 2.05) is 0 Å². The van der Waals surface area contributed by atoms with Crippen molar-refractivity contribution in [1.82, 2.24) is 19.8 Å². The van der Waals surface area contributed by atoms with Crippen molar-refractivity contribution in [3.8, 4) is 11.6 Å². The molecule has 96 valence electrons. The van der Waals surface area contributed by atoms with Gasteiger partial charge in [0.05, 0.1) is 10.7 Å². The van der Waals surface area contributed by atoms with Crippen LogP contribution in [0.15, 0.2) is 35.1 Å². The van der Waals surface area contributed by atoms with Crippen molar-refractivity contribution in [2.75, 3.05) is 5.73 Å². The Balaban J connectivity index is 2.06. The summed E-state index contributed by atoms with van der Waals surface area (Å²) < 4.78 is 6.59. The molecule has 2 heterocycles. The normalized spacial score (nSPS) is 10.8. The second-order valence-electron chi connectivity index (χ2n) is 3.73. The first-order valence-corrected chi connectivity index (χ1v) is 5.69. The van der Waals surface area contributed by atoms with Gasteiger partial charge >= 0.3 is 5.69 Å². The molecule has 0 unspecified atom stereocenters. The van der Waals surface area contributed by atoms with Crippen molar-refractivity contribution in [3.05, 3.63) is 45.8 Å². The number of nitrogens with one attached hydrogen (secondary N) is 1. The number of anilines is 1. The average molecular weight is 278 g/mol. The van der Waals surface area contributed by atoms with Crippen molar-refractivity contribution < 1.29 is 4.74 Å². The monoisotopic (exact) mass is 277 g/mol. The van der Waals surface area contributed by atoms with Crippen molar-refractivity contribution >= 4 is 22.9 Å². The Morgan fingerprint density at radius 1 is 1.32 bits per heavy atom. The highest BCUT2D eigenvalue weighted by Crippen LogP contribution is 2.33. The van der Waals surface area contributed by atoms with E-state index in [1.54, 1.807) is 30.3 Å². The minimum atomic E-state index is -0.451. The first kappa shape index (κ1) is 11.5. The smallest absolute Gasteiger partial charge is 0.364 e. The quantitative estimate of drug-likeness (QED) is 0.691. The number of aromatic nitrogens is 4. The third kappa shape index (κ3) is 2.00. The highest BCUT2D eigenvalue weighted by atomic mass is 35.5. The molecule has 19 heavy (non-hydrogen) atoms. The number of fused-ring (bicyclic) bond motifs is 1. The number of ether oxygens (including phenoxy) is 1. The fraction of sp³-hybridized carbons (Fsp3) is 0. The topological polar surface area (TPSA) is 98.3 Å². The molecule has 0 aliphatic rings. The van der Waals surface area contributed by atoms with Crippen LogP contribution in [-0.2, 0) is 0 Å². The molecule has 0 aliphatic heterocycles. The van der Waals surface area contributed by atoms with Gasteiger partial charge in [-0.15, -0.1) is 5.10 Å². The van der Waals surface area contributed by atoms with Gasteiger partial charge in [0.2, 0.25) is 5.88 Å². The van der Waals surface area contributed by atoms with E-state index in [9.17, 15) is 4.79 Å². The van der Waals surface area contributed by atoms with Gasteiger partial charge in [0, 0.05) is 6.07 Å². The molecule has 2 aromatic heterocycles. The number of para-hydroxylation sites is 1. The summed E-state index contributed by atoms with van der Waals surface area (Å²) in [6.45, 7) is 0. The summed E-state index contributed by atoms with van der Waals surface area (Å²) in [5, 5.41) is 10.4. The molecule has 0 amide bonds. The fourth-order valence-electron chi connectivity index (χ4n) is 1.58. The van der Waals surface area contributed by atoms with Gasteiger partial charge in [-0.1, -0.05) is 17.7 Å². The Morgan fingerprint density at radius 2 is 2.16 bits per heavy atom. The third-order valence-corrected chi connectivity index (χ3v) is 2.75. The van der Waals surface area contributed by atoms with Crippen LogP contribution in [0.25, 0.3) is 5.65 Å². The number of nitrogens with two attached hydrogens (primary N) is 1. The lowest BCUT2D eigenvalue weighted by Gasteiger charge is -2.08. The number of H-pyrrole nitrogens is 1. The number of nitrogen functional groups attached to an aromatic ring is 1. The van der Waals surface area contributed by atoms with E-state index in [0.717, 1.165) is 4.52 Å². The minimum absolute atomic E-state index is 0.191. The lowest BCUT2D eigenvalue weighted by molar-refractivity contribution is 0.454. The third-order valence-electron chi connectivity index (χ3n) is 2.45. The summed E-state index contributed by atoms with van der Waals surface area (Å²) in [7, 11) is 0. The summed E-state index contributed by atoms with van der Waals surface area (Å²) in [5.41, 5.74) is 6.09.